The second-order valence-electron chi connectivity index (χ2n) is 24.0. The second kappa shape index (κ2) is 21.8. The maximum Gasteiger partial charge on any atom is 0.0542 e. The summed E-state index contributed by atoms with van der Waals surface area (Å²) >= 11 is 0. The lowest BCUT2D eigenvalue weighted by atomic mass is 10.0. The second-order valence-corrected chi connectivity index (χ2v) is 24.0. The minimum absolute atomic E-state index is 1.16. The molecule has 0 bridgehead atoms. The Balaban J connectivity index is 0.000000138. The van der Waals surface area contributed by atoms with Gasteiger partial charge in [-0.3, -0.25) is 0 Å². The fourth-order valence-electron chi connectivity index (χ4n) is 14.5. The molecule has 4 heterocycles. The highest BCUT2D eigenvalue weighted by Gasteiger charge is 2.19. The van der Waals surface area contributed by atoms with Gasteiger partial charge in [0.2, 0.25) is 0 Å². The maximum atomic E-state index is 2.41. The van der Waals surface area contributed by atoms with Crippen LogP contribution in [0.3, 0.4) is 0 Å². The van der Waals surface area contributed by atoms with E-state index in [0.717, 1.165) is 17.1 Å². The standard InChI is InChI=1S/C48H32N2.C40H26N2/c1-3-11-33(12-4-1)35-19-25-39(26-20-35)49-45-17-9-7-15-41(45)43-31-37(23-29-47(43)49)38-24-30-48-44(32-38)42-16-8-10-18-46(42)50(48)40-27-21-36(22-28-40)34-13-5-2-6-14-34;1-2-11-28-24-30(21-20-27(28)10-1)29-12-9-13-31(25-29)41-39-19-8-5-16-35(39)36-26-32(22-23-40(36)41)42-37-17-6-3-14-33(37)34-15-4-7-18-38(34)42/h1-32H;1-26H. The molecule has 4 heteroatoms. The Morgan fingerprint density at radius 2 is 0.413 bits per heavy atom. The molecule has 92 heavy (non-hydrogen) atoms. The van der Waals surface area contributed by atoms with E-state index in [0.29, 0.717) is 0 Å². The van der Waals surface area contributed by atoms with Crippen LogP contribution in [0.15, 0.2) is 352 Å². The third-order valence-corrected chi connectivity index (χ3v) is 18.8. The van der Waals surface area contributed by atoms with Gasteiger partial charge in [-0.1, -0.05) is 237 Å². The van der Waals surface area contributed by atoms with Crippen LogP contribution in [0.25, 0.3) is 165 Å². The SMILES string of the molecule is c1cc(-c2ccc3ccccc3c2)cc(-n2c3ccccc3c3cc(-n4c5ccccc5c5ccccc54)ccc32)c1.c1ccc(-c2ccc(-n3c4ccccc4c4cc(-c5ccc6c(c5)c5ccccc5n6-c5ccc(-c6ccccc6)cc5)ccc43)cc2)cc1. The molecule has 0 unspecified atom stereocenters. The largest absolute Gasteiger partial charge is 0.309 e. The van der Waals surface area contributed by atoms with E-state index in [1.807, 2.05) is 0 Å². The van der Waals surface area contributed by atoms with Gasteiger partial charge in [0.15, 0.2) is 0 Å². The minimum atomic E-state index is 1.16. The molecule has 0 spiro atoms. The lowest BCUT2D eigenvalue weighted by Gasteiger charge is -2.12. The van der Waals surface area contributed by atoms with E-state index in [4.69, 9.17) is 0 Å². The van der Waals surface area contributed by atoms with Gasteiger partial charge in [0, 0.05) is 65.8 Å². The van der Waals surface area contributed by atoms with Crippen LogP contribution in [-0.2, 0) is 0 Å². The molecular formula is C88H58N4. The first kappa shape index (κ1) is 52.8. The topological polar surface area (TPSA) is 19.7 Å². The van der Waals surface area contributed by atoms with Crippen LogP contribution in [-0.4, -0.2) is 18.3 Å². The minimum Gasteiger partial charge on any atom is -0.309 e. The summed E-state index contributed by atoms with van der Waals surface area (Å²) in [6.45, 7) is 0. The van der Waals surface area contributed by atoms with E-state index in [9.17, 15) is 0 Å². The monoisotopic (exact) mass is 1170 g/mol. The number of hydrogen-bond donors (Lipinski definition) is 0. The van der Waals surface area contributed by atoms with Gasteiger partial charge in [-0.05, 0) is 171 Å². The van der Waals surface area contributed by atoms with Crippen LogP contribution in [0.1, 0.15) is 0 Å². The quantitative estimate of drug-likeness (QED) is 0.144. The molecule has 19 aromatic rings. The van der Waals surface area contributed by atoms with E-state index in [-0.39, 0.29) is 0 Å². The highest BCUT2D eigenvalue weighted by molar-refractivity contribution is 6.14. The van der Waals surface area contributed by atoms with Gasteiger partial charge < -0.3 is 18.3 Å². The van der Waals surface area contributed by atoms with Crippen LogP contribution in [0.4, 0.5) is 0 Å². The van der Waals surface area contributed by atoms with Gasteiger partial charge in [0.05, 0.1) is 44.1 Å². The zero-order chi connectivity index (χ0) is 60.6. The molecule has 19 rings (SSSR count). The van der Waals surface area contributed by atoms with Crippen molar-refractivity contribution in [3.8, 4) is 67.3 Å². The predicted molar refractivity (Wildman–Crippen MR) is 389 cm³/mol. The number of hydrogen-bond acceptors (Lipinski definition) is 0. The lowest BCUT2D eigenvalue weighted by Crippen LogP contribution is -1.96. The van der Waals surface area contributed by atoms with Crippen molar-refractivity contribution in [3.05, 3.63) is 352 Å². The zero-order valence-electron chi connectivity index (χ0n) is 50.3. The summed E-state index contributed by atoms with van der Waals surface area (Å²) in [5.74, 6) is 0. The zero-order valence-corrected chi connectivity index (χ0v) is 50.3. The van der Waals surface area contributed by atoms with Gasteiger partial charge >= 0.3 is 0 Å². The molecule has 0 atom stereocenters. The first-order valence-electron chi connectivity index (χ1n) is 31.6. The van der Waals surface area contributed by atoms with E-state index < -0.39 is 0 Å². The fraction of sp³-hybridized carbons (Fsp3) is 0. The Hall–Kier alpha value is -12.2. The van der Waals surface area contributed by atoms with Crippen molar-refractivity contribution in [1.82, 2.24) is 18.3 Å². The Kier molecular flexibility index (Phi) is 12.5. The first-order valence-corrected chi connectivity index (χ1v) is 31.6. The fourth-order valence-corrected chi connectivity index (χ4v) is 14.5. The number of aromatic nitrogens is 4. The Morgan fingerprint density at radius 3 is 0.880 bits per heavy atom. The van der Waals surface area contributed by atoms with Gasteiger partial charge in [-0.15, -0.1) is 0 Å². The van der Waals surface area contributed by atoms with Crippen LogP contribution >= 0.6 is 0 Å². The molecule has 0 fully saturated rings. The third kappa shape index (κ3) is 8.83. The van der Waals surface area contributed by atoms with Gasteiger partial charge in [-0.25, -0.2) is 0 Å². The van der Waals surface area contributed by atoms with Crippen molar-refractivity contribution < 1.29 is 0 Å². The van der Waals surface area contributed by atoms with Crippen LogP contribution in [0.2, 0.25) is 0 Å². The first-order chi connectivity index (χ1) is 45.6. The molecule has 4 aromatic heterocycles. The Labute approximate surface area is 532 Å². The van der Waals surface area contributed by atoms with Gasteiger partial charge in [0.25, 0.3) is 0 Å². The molecular weight excluding hydrogens is 1110 g/mol. The molecule has 4 nitrogen and oxygen atoms in total. The third-order valence-electron chi connectivity index (χ3n) is 18.8. The molecule has 0 N–H and O–H groups in total. The highest BCUT2D eigenvalue weighted by Crippen LogP contribution is 2.41. The van der Waals surface area contributed by atoms with Crippen LogP contribution in [0, 0.1) is 0 Å². The number of rotatable bonds is 8. The van der Waals surface area contributed by atoms with Crippen molar-refractivity contribution in [1.29, 1.82) is 0 Å². The molecule has 0 saturated carbocycles. The van der Waals surface area contributed by atoms with Gasteiger partial charge in [0.1, 0.15) is 0 Å². The molecule has 0 aliphatic heterocycles. The van der Waals surface area contributed by atoms with E-state index in [1.54, 1.807) is 0 Å². The lowest BCUT2D eigenvalue weighted by molar-refractivity contribution is 1.17. The van der Waals surface area contributed by atoms with Crippen LogP contribution in [0.5, 0.6) is 0 Å². The summed E-state index contributed by atoms with van der Waals surface area (Å²) in [5.41, 5.74) is 24.1. The predicted octanol–water partition coefficient (Wildman–Crippen LogP) is 23.6. The maximum absolute atomic E-state index is 2.41. The van der Waals surface area contributed by atoms with Crippen molar-refractivity contribution >= 4 is 98.0 Å². The number of fused-ring (bicyclic) bond motifs is 13. The summed E-state index contributed by atoms with van der Waals surface area (Å²) < 4.78 is 9.59. The average molecular weight is 1170 g/mol. The number of benzene rings is 15. The molecule has 0 aliphatic rings. The van der Waals surface area contributed by atoms with Crippen LogP contribution < -0.4 is 0 Å². The van der Waals surface area contributed by atoms with E-state index in [2.05, 4.69) is 370 Å². The van der Waals surface area contributed by atoms with Gasteiger partial charge in [-0.2, -0.15) is 0 Å². The summed E-state index contributed by atoms with van der Waals surface area (Å²) in [6.07, 6.45) is 0. The summed E-state index contributed by atoms with van der Waals surface area (Å²) in [7, 11) is 0. The number of para-hydroxylation sites is 5. The highest BCUT2D eigenvalue weighted by atomic mass is 15.0. The summed E-state index contributed by atoms with van der Waals surface area (Å²) in [4.78, 5) is 0. The molecule has 430 valence electrons. The van der Waals surface area contributed by atoms with Crippen molar-refractivity contribution in [2.75, 3.05) is 0 Å². The molecule has 15 aromatic carbocycles. The van der Waals surface area contributed by atoms with Crippen molar-refractivity contribution in [2.24, 2.45) is 0 Å². The Bertz CT molecular complexity index is 5790. The van der Waals surface area contributed by atoms with E-state index in [1.165, 1.54) is 148 Å². The summed E-state index contributed by atoms with van der Waals surface area (Å²) in [6, 6.07) is 128. The smallest absolute Gasteiger partial charge is 0.0542 e. The normalized spacial score (nSPS) is 11.7. The number of nitrogens with zero attached hydrogens (tertiary/aromatic N) is 4. The van der Waals surface area contributed by atoms with Crippen molar-refractivity contribution in [2.45, 2.75) is 0 Å². The summed E-state index contributed by atoms with van der Waals surface area (Å²) in [5, 5.41) is 12.6. The van der Waals surface area contributed by atoms with E-state index >= 15 is 0 Å². The molecule has 0 aliphatic carbocycles. The molecule has 0 amide bonds. The molecule has 0 radical (unpaired) electrons. The molecule has 0 saturated heterocycles. The average Bonchev–Trinajstić information content (AvgIpc) is 1.61. The van der Waals surface area contributed by atoms with Crippen molar-refractivity contribution in [3.63, 3.8) is 0 Å². The Morgan fingerprint density at radius 1 is 0.130 bits per heavy atom.